The van der Waals surface area contributed by atoms with Crippen molar-refractivity contribution in [1.29, 1.82) is 0 Å². The van der Waals surface area contributed by atoms with Crippen molar-refractivity contribution in [2.75, 3.05) is 38.8 Å². The van der Waals surface area contributed by atoms with Crippen LogP contribution < -0.4 is 15.0 Å². The molecule has 1 heterocycles. The summed E-state index contributed by atoms with van der Waals surface area (Å²) >= 11 is 1.35. The van der Waals surface area contributed by atoms with Crippen molar-refractivity contribution in [3.8, 4) is 5.75 Å². The third kappa shape index (κ3) is 7.15. The second kappa shape index (κ2) is 10.8. The van der Waals surface area contributed by atoms with Crippen LogP contribution in [0.2, 0.25) is 0 Å². The lowest BCUT2D eigenvalue weighted by atomic mass is 10.1. The molecule has 0 aliphatic carbocycles. The van der Waals surface area contributed by atoms with Crippen molar-refractivity contribution in [2.24, 2.45) is 0 Å². The molecule has 1 aromatic heterocycles. The molecule has 0 aliphatic heterocycles. The van der Waals surface area contributed by atoms with Gasteiger partial charge in [-0.25, -0.2) is 4.98 Å². The second-order valence-corrected chi connectivity index (χ2v) is 7.20. The molecule has 0 saturated heterocycles. The van der Waals surface area contributed by atoms with E-state index < -0.39 is 0 Å². The largest absolute Gasteiger partial charge is 0.497 e. The molecule has 0 fully saturated rings. The van der Waals surface area contributed by atoms with Gasteiger partial charge in [-0.1, -0.05) is 12.1 Å². The Morgan fingerprint density at radius 3 is 2.81 bits per heavy atom. The number of hydrogen-bond acceptors (Lipinski definition) is 7. The molecular formula is C19H28N4O3S. The van der Waals surface area contributed by atoms with E-state index in [2.05, 4.69) is 19.6 Å². The Hall–Kier alpha value is -2.19. The van der Waals surface area contributed by atoms with Crippen molar-refractivity contribution in [2.45, 2.75) is 32.7 Å². The highest BCUT2D eigenvalue weighted by Gasteiger charge is 2.15. The van der Waals surface area contributed by atoms with Gasteiger partial charge in [-0.3, -0.25) is 4.79 Å². The molecule has 1 N–H and O–H groups in total. The van der Waals surface area contributed by atoms with E-state index in [9.17, 15) is 4.79 Å². The Bertz CT molecular complexity index is 720. The lowest BCUT2D eigenvalue weighted by Crippen LogP contribution is -2.35. The Kier molecular flexibility index (Phi) is 8.47. The SMILES string of the molecule is COCCN(CCC(=O)NC(C)C)c1nc(Cc2cccc(OC)c2)ns1. The lowest BCUT2D eigenvalue weighted by molar-refractivity contribution is -0.121. The summed E-state index contributed by atoms with van der Waals surface area (Å²) in [6.07, 6.45) is 1.05. The minimum atomic E-state index is 0.0357. The number of rotatable bonds is 11. The summed E-state index contributed by atoms with van der Waals surface area (Å²) in [6.45, 7) is 5.72. The monoisotopic (exact) mass is 392 g/mol. The fraction of sp³-hybridized carbons (Fsp3) is 0.526. The highest BCUT2D eigenvalue weighted by molar-refractivity contribution is 7.09. The molecular weight excluding hydrogens is 364 g/mol. The van der Waals surface area contributed by atoms with Crippen LogP contribution in [0, 0.1) is 0 Å². The van der Waals surface area contributed by atoms with Gasteiger partial charge in [0.05, 0.1) is 13.7 Å². The number of nitrogens with zero attached hydrogens (tertiary/aromatic N) is 3. The fourth-order valence-corrected chi connectivity index (χ4v) is 3.28. The predicted octanol–water partition coefficient (Wildman–Crippen LogP) is 2.50. The number of methoxy groups -OCH3 is 2. The number of carbonyl (C=O) groups excluding carboxylic acids is 1. The van der Waals surface area contributed by atoms with Crippen molar-refractivity contribution in [1.82, 2.24) is 14.7 Å². The number of amides is 1. The van der Waals surface area contributed by atoms with Gasteiger partial charge in [0.2, 0.25) is 11.0 Å². The van der Waals surface area contributed by atoms with Crippen molar-refractivity contribution < 1.29 is 14.3 Å². The van der Waals surface area contributed by atoms with E-state index in [1.54, 1.807) is 14.2 Å². The van der Waals surface area contributed by atoms with E-state index in [-0.39, 0.29) is 11.9 Å². The van der Waals surface area contributed by atoms with Crippen molar-refractivity contribution in [3.05, 3.63) is 35.7 Å². The molecule has 7 nitrogen and oxygen atoms in total. The molecule has 2 aromatic rings. The zero-order valence-electron chi connectivity index (χ0n) is 16.4. The smallest absolute Gasteiger partial charge is 0.221 e. The molecule has 2 rings (SSSR count). The van der Waals surface area contributed by atoms with Gasteiger partial charge in [-0.15, -0.1) is 0 Å². The minimum absolute atomic E-state index is 0.0357. The van der Waals surface area contributed by atoms with Crippen LogP contribution in [-0.2, 0) is 16.0 Å². The maximum Gasteiger partial charge on any atom is 0.221 e. The molecule has 8 heteroatoms. The van der Waals surface area contributed by atoms with Gasteiger partial charge in [0.15, 0.2) is 0 Å². The van der Waals surface area contributed by atoms with Gasteiger partial charge < -0.3 is 19.7 Å². The van der Waals surface area contributed by atoms with Crippen molar-refractivity contribution >= 4 is 22.6 Å². The lowest BCUT2D eigenvalue weighted by Gasteiger charge is -2.21. The van der Waals surface area contributed by atoms with Crippen molar-refractivity contribution in [3.63, 3.8) is 0 Å². The Labute approximate surface area is 164 Å². The first-order chi connectivity index (χ1) is 13.0. The topological polar surface area (TPSA) is 76.6 Å². The fourth-order valence-electron chi connectivity index (χ4n) is 2.55. The molecule has 1 aromatic carbocycles. The summed E-state index contributed by atoms with van der Waals surface area (Å²) in [7, 11) is 3.32. The van der Waals surface area contributed by atoms with E-state index in [0.717, 1.165) is 22.3 Å². The molecule has 0 bridgehead atoms. The minimum Gasteiger partial charge on any atom is -0.497 e. The van der Waals surface area contributed by atoms with Crippen LogP contribution >= 0.6 is 11.5 Å². The maximum absolute atomic E-state index is 12.0. The van der Waals surface area contributed by atoms with Crippen LogP contribution in [0.15, 0.2) is 24.3 Å². The number of benzene rings is 1. The van der Waals surface area contributed by atoms with E-state index in [0.29, 0.717) is 32.5 Å². The Morgan fingerprint density at radius 2 is 2.11 bits per heavy atom. The Balaban J connectivity index is 2.02. The third-order valence-electron chi connectivity index (χ3n) is 3.85. The van der Waals surface area contributed by atoms with Crippen LogP contribution in [0.4, 0.5) is 5.13 Å². The summed E-state index contributed by atoms with van der Waals surface area (Å²) in [5, 5.41) is 3.72. The van der Waals surface area contributed by atoms with E-state index >= 15 is 0 Å². The standard InChI is InChI=1S/C19H28N4O3S/c1-14(2)20-18(24)8-9-23(10-11-25-3)19-21-17(22-27-19)13-15-6-5-7-16(12-15)26-4/h5-7,12,14H,8-11,13H2,1-4H3,(H,20,24). The number of ether oxygens (including phenoxy) is 2. The quantitative estimate of drug-likeness (QED) is 0.633. The van der Waals surface area contributed by atoms with Gasteiger partial charge >= 0.3 is 0 Å². The third-order valence-corrected chi connectivity index (χ3v) is 4.66. The molecule has 0 spiro atoms. The predicted molar refractivity (Wildman–Crippen MR) is 108 cm³/mol. The maximum atomic E-state index is 12.0. The average Bonchev–Trinajstić information content (AvgIpc) is 3.09. The van der Waals surface area contributed by atoms with Crippen LogP contribution in [0.5, 0.6) is 5.75 Å². The van der Waals surface area contributed by atoms with E-state index in [4.69, 9.17) is 9.47 Å². The second-order valence-electron chi connectivity index (χ2n) is 6.47. The highest BCUT2D eigenvalue weighted by atomic mass is 32.1. The number of hydrogen-bond donors (Lipinski definition) is 1. The summed E-state index contributed by atoms with van der Waals surface area (Å²) in [4.78, 5) is 18.7. The molecule has 0 saturated carbocycles. The van der Waals surface area contributed by atoms with Gasteiger partial charge in [-0.2, -0.15) is 4.37 Å². The number of carbonyl (C=O) groups is 1. The number of aromatic nitrogens is 2. The van der Waals surface area contributed by atoms with E-state index in [1.807, 2.05) is 38.1 Å². The summed E-state index contributed by atoms with van der Waals surface area (Å²) in [5.74, 6) is 1.62. The first-order valence-corrected chi connectivity index (χ1v) is 9.78. The number of nitrogens with one attached hydrogen (secondary N) is 1. The van der Waals surface area contributed by atoms with Gasteiger partial charge in [0.1, 0.15) is 11.6 Å². The first-order valence-electron chi connectivity index (χ1n) is 9.00. The summed E-state index contributed by atoms with van der Waals surface area (Å²) in [5.41, 5.74) is 1.10. The zero-order chi connectivity index (χ0) is 19.6. The molecule has 1 amide bonds. The van der Waals surface area contributed by atoms with Gasteiger partial charge in [-0.05, 0) is 31.5 Å². The first kappa shape index (κ1) is 21.1. The number of anilines is 1. The highest BCUT2D eigenvalue weighted by Crippen LogP contribution is 2.20. The normalized spacial score (nSPS) is 10.9. The molecule has 0 unspecified atom stereocenters. The van der Waals surface area contributed by atoms with E-state index in [1.165, 1.54) is 11.5 Å². The molecule has 148 valence electrons. The Morgan fingerprint density at radius 1 is 1.30 bits per heavy atom. The van der Waals surface area contributed by atoms with Crippen LogP contribution in [0.3, 0.4) is 0 Å². The molecule has 0 aliphatic rings. The van der Waals surface area contributed by atoms with Crippen LogP contribution in [0.25, 0.3) is 0 Å². The summed E-state index contributed by atoms with van der Waals surface area (Å²) < 4.78 is 14.9. The zero-order valence-corrected chi connectivity index (χ0v) is 17.2. The van der Waals surface area contributed by atoms with Crippen LogP contribution in [0.1, 0.15) is 31.7 Å². The molecule has 27 heavy (non-hydrogen) atoms. The average molecular weight is 393 g/mol. The van der Waals surface area contributed by atoms with Gasteiger partial charge in [0, 0.05) is 50.6 Å². The van der Waals surface area contributed by atoms with Crippen LogP contribution in [-0.4, -0.2) is 55.2 Å². The molecule has 0 radical (unpaired) electrons. The summed E-state index contributed by atoms with van der Waals surface area (Å²) in [6, 6.07) is 8.03. The van der Waals surface area contributed by atoms with Gasteiger partial charge in [0.25, 0.3) is 0 Å². The molecule has 0 atom stereocenters.